The Labute approximate surface area is 176 Å². The lowest BCUT2D eigenvalue weighted by atomic mass is 10.1. The van der Waals surface area contributed by atoms with E-state index in [1.54, 1.807) is 49.6 Å². The second-order valence-electron chi connectivity index (χ2n) is 5.90. The molecule has 0 fully saturated rings. The van der Waals surface area contributed by atoms with E-state index in [2.05, 4.69) is 15.5 Å². The Bertz CT molecular complexity index is 1180. The molecule has 3 aromatic rings. The van der Waals surface area contributed by atoms with Crippen molar-refractivity contribution >= 4 is 35.4 Å². The van der Waals surface area contributed by atoms with Crippen LogP contribution in [0.15, 0.2) is 52.4 Å². The molecule has 0 atom stereocenters. The summed E-state index contributed by atoms with van der Waals surface area (Å²) < 4.78 is 6.35. The first kappa shape index (κ1) is 20.4. The number of hydrogen-bond donors (Lipinski definition) is 1. The maximum Gasteiger partial charge on any atom is 0.273 e. The van der Waals surface area contributed by atoms with Crippen LogP contribution in [0.4, 0.5) is 5.95 Å². The van der Waals surface area contributed by atoms with Crippen LogP contribution in [0.25, 0.3) is 11.3 Å². The Balaban J connectivity index is 1.98. The first-order chi connectivity index (χ1) is 13.9. The lowest BCUT2D eigenvalue weighted by Gasteiger charge is -2.11. The minimum absolute atomic E-state index is 0.0621. The molecule has 7 nitrogen and oxygen atoms in total. The van der Waals surface area contributed by atoms with Gasteiger partial charge in [-0.3, -0.25) is 9.36 Å². The van der Waals surface area contributed by atoms with Crippen LogP contribution in [-0.2, 0) is 7.05 Å². The van der Waals surface area contributed by atoms with E-state index in [0.717, 1.165) is 0 Å². The molecule has 146 valence electrons. The van der Waals surface area contributed by atoms with Crippen LogP contribution in [0.5, 0.6) is 5.75 Å². The van der Waals surface area contributed by atoms with E-state index in [1.165, 1.54) is 17.8 Å². The molecule has 0 aliphatic carbocycles. The fourth-order valence-corrected chi connectivity index (χ4v) is 2.98. The summed E-state index contributed by atoms with van der Waals surface area (Å²) in [7, 11) is 3.06. The number of ether oxygens (including phenoxy) is 1. The predicted octanol–water partition coefficient (Wildman–Crippen LogP) is 4.08. The van der Waals surface area contributed by atoms with Crippen LogP contribution >= 0.6 is 23.2 Å². The second-order valence-corrected chi connectivity index (χ2v) is 6.74. The van der Waals surface area contributed by atoms with Crippen molar-refractivity contribution in [1.29, 1.82) is 5.26 Å². The molecular weight excluding hydrogens is 413 g/mol. The summed E-state index contributed by atoms with van der Waals surface area (Å²) in [5.74, 6) is 0.819. The average molecular weight is 428 g/mol. The number of nitriles is 1. The zero-order valence-electron chi connectivity index (χ0n) is 15.5. The molecule has 0 unspecified atom stereocenters. The van der Waals surface area contributed by atoms with Gasteiger partial charge in [0, 0.05) is 23.2 Å². The zero-order chi connectivity index (χ0) is 21.0. The van der Waals surface area contributed by atoms with E-state index in [4.69, 9.17) is 27.9 Å². The van der Waals surface area contributed by atoms with Crippen molar-refractivity contribution in [1.82, 2.24) is 9.55 Å². The number of nitrogens with zero attached hydrogens (tertiary/aromatic N) is 4. The smallest absolute Gasteiger partial charge is 0.273 e. The Morgan fingerprint density at radius 2 is 1.97 bits per heavy atom. The lowest BCUT2D eigenvalue weighted by molar-refractivity contribution is 0.415. The third kappa shape index (κ3) is 4.40. The Morgan fingerprint density at radius 3 is 2.59 bits per heavy atom. The van der Waals surface area contributed by atoms with Crippen LogP contribution in [0.3, 0.4) is 0 Å². The molecule has 0 bridgehead atoms. The summed E-state index contributed by atoms with van der Waals surface area (Å²) in [6.45, 7) is 0. The second kappa shape index (κ2) is 8.78. The largest absolute Gasteiger partial charge is 0.497 e. The summed E-state index contributed by atoms with van der Waals surface area (Å²) in [6, 6.07) is 13.8. The summed E-state index contributed by atoms with van der Waals surface area (Å²) >= 11 is 12.0. The topological polar surface area (TPSA) is 92.3 Å². The molecule has 0 saturated carbocycles. The molecule has 1 aromatic heterocycles. The summed E-state index contributed by atoms with van der Waals surface area (Å²) in [5.41, 5.74) is 3.66. The molecule has 0 aliphatic heterocycles. The van der Waals surface area contributed by atoms with E-state index >= 15 is 0 Å². The van der Waals surface area contributed by atoms with Crippen molar-refractivity contribution in [3.8, 4) is 23.1 Å². The van der Waals surface area contributed by atoms with Gasteiger partial charge < -0.3 is 4.74 Å². The normalized spacial score (nSPS) is 10.7. The molecule has 3 rings (SSSR count). The fraction of sp³-hybridized carbons (Fsp3) is 0.100. The highest BCUT2D eigenvalue weighted by Gasteiger charge is 2.16. The van der Waals surface area contributed by atoms with Crippen molar-refractivity contribution < 1.29 is 4.74 Å². The minimum Gasteiger partial charge on any atom is -0.497 e. The standard InChI is InChI=1S/C20H15Cl2N5O2/c1-27-19(28)16(10-23)18(12-4-7-15(29-2)8-5-12)25-20(27)26-24-11-13-3-6-14(21)9-17(13)22/h3-9,11H,1-2H3,(H,25,26)/b24-11+. The van der Waals surface area contributed by atoms with Crippen LogP contribution in [-0.4, -0.2) is 22.9 Å². The van der Waals surface area contributed by atoms with Crippen molar-refractivity contribution in [2.24, 2.45) is 12.1 Å². The third-order valence-electron chi connectivity index (χ3n) is 4.10. The summed E-state index contributed by atoms with van der Waals surface area (Å²) in [5, 5.41) is 14.5. The number of rotatable bonds is 5. The highest BCUT2D eigenvalue weighted by Crippen LogP contribution is 2.24. The number of methoxy groups -OCH3 is 1. The number of anilines is 1. The molecular formula is C20H15Cl2N5O2. The first-order valence-electron chi connectivity index (χ1n) is 8.34. The van der Waals surface area contributed by atoms with Crippen LogP contribution in [0, 0.1) is 11.3 Å². The van der Waals surface area contributed by atoms with E-state index in [0.29, 0.717) is 26.9 Å². The molecule has 0 spiro atoms. The highest BCUT2D eigenvalue weighted by molar-refractivity contribution is 6.36. The Morgan fingerprint density at radius 1 is 1.24 bits per heavy atom. The molecule has 9 heteroatoms. The van der Waals surface area contributed by atoms with Gasteiger partial charge in [0.25, 0.3) is 5.56 Å². The Kier molecular flexibility index (Phi) is 6.17. The van der Waals surface area contributed by atoms with Gasteiger partial charge >= 0.3 is 0 Å². The fourth-order valence-electron chi connectivity index (χ4n) is 2.53. The third-order valence-corrected chi connectivity index (χ3v) is 4.66. The quantitative estimate of drug-likeness (QED) is 0.489. The number of aromatic nitrogens is 2. The summed E-state index contributed by atoms with van der Waals surface area (Å²) in [4.78, 5) is 17.0. The number of halogens is 2. The highest BCUT2D eigenvalue weighted by atomic mass is 35.5. The van der Waals surface area contributed by atoms with Gasteiger partial charge in [0.15, 0.2) is 0 Å². The minimum atomic E-state index is -0.490. The van der Waals surface area contributed by atoms with Crippen LogP contribution in [0.1, 0.15) is 11.1 Å². The molecule has 1 N–H and O–H groups in total. The zero-order valence-corrected chi connectivity index (χ0v) is 17.0. The van der Waals surface area contributed by atoms with Gasteiger partial charge in [-0.25, -0.2) is 10.4 Å². The van der Waals surface area contributed by atoms with Gasteiger partial charge in [-0.05, 0) is 36.4 Å². The van der Waals surface area contributed by atoms with Gasteiger partial charge in [-0.2, -0.15) is 10.4 Å². The molecule has 0 radical (unpaired) electrons. The number of hydrogen-bond acceptors (Lipinski definition) is 6. The van der Waals surface area contributed by atoms with Gasteiger partial charge in [-0.1, -0.05) is 29.3 Å². The van der Waals surface area contributed by atoms with E-state index in [1.807, 2.05) is 6.07 Å². The maximum absolute atomic E-state index is 12.6. The average Bonchev–Trinajstić information content (AvgIpc) is 2.72. The number of benzene rings is 2. The van der Waals surface area contributed by atoms with E-state index < -0.39 is 5.56 Å². The van der Waals surface area contributed by atoms with E-state index in [9.17, 15) is 10.1 Å². The van der Waals surface area contributed by atoms with Gasteiger partial charge in [0.2, 0.25) is 5.95 Å². The lowest BCUT2D eigenvalue weighted by Crippen LogP contribution is -2.24. The van der Waals surface area contributed by atoms with E-state index in [-0.39, 0.29) is 17.2 Å². The van der Waals surface area contributed by atoms with Gasteiger partial charge in [0.1, 0.15) is 17.4 Å². The van der Waals surface area contributed by atoms with Gasteiger partial charge in [0.05, 0.1) is 24.0 Å². The molecule has 29 heavy (non-hydrogen) atoms. The Hall–Kier alpha value is -3.34. The number of hydrazone groups is 1. The molecule has 0 amide bonds. The van der Waals surface area contributed by atoms with Crippen molar-refractivity contribution in [2.45, 2.75) is 0 Å². The first-order valence-corrected chi connectivity index (χ1v) is 9.10. The predicted molar refractivity (Wildman–Crippen MR) is 114 cm³/mol. The SMILES string of the molecule is COc1ccc(-c2nc(N/N=C/c3ccc(Cl)cc3Cl)n(C)c(=O)c2C#N)cc1. The van der Waals surface area contributed by atoms with Crippen molar-refractivity contribution in [2.75, 3.05) is 12.5 Å². The van der Waals surface area contributed by atoms with Crippen LogP contribution < -0.4 is 15.7 Å². The molecule has 2 aromatic carbocycles. The molecule has 0 aliphatic rings. The molecule has 1 heterocycles. The van der Waals surface area contributed by atoms with Crippen LogP contribution in [0.2, 0.25) is 10.0 Å². The van der Waals surface area contributed by atoms with Crippen molar-refractivity contribution in [3.05, 3.63) is 74.0 Å². The maximum atomic E-state index is 12.6. The monoisotopic (exact) mass is 427 g/mol. The molecule has 0 saturated heterocycles. The van der Waals surface area contributed by atoms with Gasteiger partial charge in [-0.15, -0.1) is 0 Å². The van der Waals surface area contributed by atoms with Crippen molar-refractivity contribution in [3.63, 3.8) is 0 Å². The number of nitrogens with one attached hydrogen (secondary N) is 1. The summed E-state index contributed by atoms with van der Waals surface area (Å²) in [6.07, 6.45) is 1.48.